The maximum absolute atomic E-state index is 12.9. The number of aromatic nitrogens is 3. The van der Waals surface area contributed by atoms with Crippen LogP contribution >= 0.6 is 11.6 Å². The molecule has 29 heavy (non-hydrogen) atoms. The van der Waals surface area contributed by atoms with Crippen molar-refractivity contribution < 1.29 is 14.3 Å². The van der Waals surface area contributed by atoms with Gasteiger partial charge in [0.25, 0.3) is 5.91 Å². The van der Waals surface area contributed by atoms with E-state index in [4.69, 9.17) is 21.1 Å². The third-order valence-corrected chi connectivity index (χ3v) is 4.41. The number of ether oxygens (including phenoxy) is 2. The second-order valence-corrected chi connectivity index (χ2v) is 6.64. The van der Waals surface area contributed by atoms with Gasteiger partial charge in [-0.05, 0) is 37.6 Å². The summed E-state index contributed by atoms with van der Waals surface area (Å²) in [6.45, 7) is 4.91. The van der Waals surface area contributed by atoms with Crippen LogP contribution in [0.15, 0.2) is 49.1 Å². The number of nitrogens with one attached hydrogen (secondary N) is 1. The van der Waals surface area contributed by atoms with Gasteiger partial charge in [0.15, 0.2) is 11.5 Å². The van der Waals surface area contributed by atoms with Crippen molar-refractivity contribution >= 4 is 23.2 Å². The fourth-order valence-corrected chi connectivity index (χ4v) is 2.99. The van der Waals surface area contributed by atoms with Gasteiger partial charge < -0.3 is 14.8 Å². The van der Waals surface area contributed by atoms with E-state index in [0.717, 1.165) is 12.8 Å². The number of carbonyl (C=O) groups is 1. The summed E-state index contributed by atoms with van der Waals surface area (Å²) in [5, 5.41) is 7.36. The Kier molecular flexibility index (Phi) is 7.08. The number of hydrogen-bond acceptors (Lipinski definition) is 5. The van der Waals surface area contributed by atoms with Gasteiger partial charge in [-0.2, -0.15) is 5.10 Å². The van der Waals surface area contributed by atoms with Gasteiger partial charge in [0.2, 0.25) is 0 Å². The van der Waals surface area contributed by atoms with Gasteiger partial charge in [0.05, 0.1) is 29.6 Å². The molecule has 3 aromatic rings. The lowest BCUT2D eigenvalue weighted by Gasteiger charge is -2.16. The Morgan fingerprint density at radius 2 is 2.03 bits per heavy atom. The average Bonchev–Trinajstić information content (AvgIpc) is 3.25. The number of nitrogens with zero attached hydrogens (tertiary/aromatic N) is 3. The summed E-state index contributed by atoms with van der Waals surface area (Å²) in [6, 6.07) is 10.6. The normalized spacial score (nSPS) is 10.6. The van der Waals surface area contributed by atoms with E-state index < -0.39 is 0 Å². The molecule has 0 fully saturated rings. The number of halogens is 1. The maximum atomic E-state index is 12.9. The molecular formula is C21H23ClN4O3. The minimum atomic E-state index is -0.319. The quantitative estimate of drug-likeness (QED) is 0.511. The number of hydrogen-bond donors (Lipinski definition) is 1. The fraction of sp³-hybridized carbons (Fsp3) is 0.286. The van der Waals surface area contributed by atoms with Gasteiger partial charge in [-0.15, -0.1) is 0 Å². The maximum Gasteiger partial charge on any atom is 0.255 e. The van der Waals surface area contributed by atoms with Crippen molar-refractivity contribution in [3.63, 3.8) is 0 Å². The highest BCUT2D eigenvalue weighted by atomic mass is 35.5. The Morgan fingerprint density at radius 3 is 2.76 bits per heavy atom. The van der Waals surface area contributed by atoms with Crippen LogP contribution in [-0.4, -0.2) is 33.9 Å². The summed E-state index contributed by atoms with van der Waals surface area (Å²) in [4.78, 5) is 16.9. The van der Waals surface area contributed by atoms with Crippen molar-refractivity contribution in [2.24, 2.45) is 0 Å². The number of rotatable bonds is 9. The number of amides is 1. The SMILES string of the molecule is CCCCOc1c(Cl)cc(C(=O)Nc2ccccc2-n2cncn2)cc1OCC. The van der Waals surface area contributed by atoms with E-state index >= 15 is 0 Å². The molecule has 0 radical (unpaired) electrons. The van der Waals surface area contributed by atoms with Crippen molar-refractivity contribution in [1.82, 2.24) is 14.8 Å². The minimum Gasteiger partial charge on any atom is -0.490 e. The van der Waals surface area contributed by atoms with E-state index in [0.29, 0.717) is 46.7 Å². The number of para-hydroxylation sites is 2. The minimum absolute atomic E-state index is 0.319. The zero-order valence-electron chi connectivity index (χ0n) is 16.4. The number of unbranched alkanes of at least 4 members (excludes halogenated alkanes) is 1. The van der Waals surface area contributed by atoms with Crippen LogP contribution in [0.25, 0.3) is 5.69 Å². The summed E-state index contributed by atoms with van der Waals surface area (Å²) in [7, 11) is 0. The summed E-state index contributed by atoms with van der Waals surface area (Å²) in [6.07, 6.45) is 4.91. The predicted molar refractivity (Wildman–Crippen MR) is 112 cm³/mol. The summed E-state index contributed by atoms with van der Waals surface area (Å²) in [5.41, 5.74) is 1.67. The molecule has 1 heterocycles. The van der Waals surface area contributed by atoms with Crippen molar-refractivity contribution in [3.05, 3.63) is 59.6 Å². The van der Waals surface area contributed by atoms with Crippen molar-refractivity contribution in [1.29, 1.82) is 0 Å². The van der Waals surface area contributed by atoms with E-state index in [1.807, 2.05) is 25.1 Å². The molecule has 7 nitrogen and oxygen atoms in total. The van der Waals surface area contributed by atoms with Gasteiger partial charge in [-0.25, -0.2) is 9.67 Å². The molecule has 8 heteroatoms. The van der Waals surface area contributed by atoms with E-state index in [2.05, 4.69) is 22.3 Å². The lowest BCUT2D eigenvalue weighted by Crippen LogP contribution is -2.14. The first-order chi connectivity index (χ1) is 14.1. The van der Waals surface area contributed by atoms with E-state index in [-0.39, 0.29) is 5.91 Å². The number of carbonyl (C=O) groups excluding carboxylic acids is 1. The average molecular weight is 415 g/mol. The third-order valence-electron chi connectivity index (χ3n) is 4.13. The smallest absolute Gasteiger partial charge is 0.255 e. The molecular weight excluding hydrogens is 392 g/mol. The molecule has 0 aliphatic rings. The molecule has 0 saturated heterocycles. The third kappa shape index (κ3) is 5.06. The first-order valence-electron chi connectivity index (χ1n) is 9.48. The fourth-order valence-electron chi connectivity index (χ4n) is 2.73. The lowest BCUT2D eigenvalue weighted by molar-refractivity contribution is 0.102. The Labute approximate surface area is 174 Å². The van der Waals surface area contributed by atoms with E-state index in [9.17, 15) is 4.79 Å². The molecule has 3 rings (SSSR count). The second kappa shape index (κ2) is 9.93. The summed E-state index contributed by atoms with van der Waals surface area (Å²) in [5.74, 6) is 0.591. The standard InChI is InChI=1S/C21H23ClN4O3/c1-3-5-10-29-20-16(22)11-15(12-19(20)28-4-2)21(27)25-17-8-6-7-9-18(17)26-14-23-13-24-26/h6-9,11-14H,3-5,10H2,1-2H3,(H,25,27). The van der Waals surface area contributed by atoms with Gasteiger partial charge in [-0.3, -0.25) is 4.79 Å². The Morgan fingerprint density at radius 1 is 1.21 bits per heavy atom. The molecule has 1 amide bonds. The van der Waals surface area contributed by atoms with Crippen LogP contribution in [0, 0.1) is 0 Å². The molecule has 1 N–H and O–H groups in total. The highest BCUT2D eigenvalue weighted by Gasteiger charge is 2.17. The molecule has 0 aliphatic heterocycles. The Hall–Kier alpha value is -3.06. The monoisotopic (exact) mass is 414 g/mol. The molecule has 0 bridgehead atoms. The molecule has 0 spiro atoms. The van der Waals surface area contributed by atoms with Crippen molar-refractivity contribution in [3.8, 4) is 17.2 Å². The summed E-state index contributed by atoms with van der Waals surface area (Å²) >= 11 is 6.40. The van der Waals surface area contributed by atoms with Crippen LogP contribution < -0.4 is 14.8 Å². The van der Waals surface area contributed by atoms with Crippen molar-refractivity contribution in [2.75, 3.05) is 18.5 Å². The van der Waals surface area contributed by atoms with Crippen LogP contribution in [0.2, 0.25) is 5.02 Å². The highest BCUT2D eigenvalue weighted by molar-refractivity contribution is 6.32. The van der Waals surface area contributed by atoms with Gasteiger partial charge in [0, 0.05) is 5.56 Å². The largest absolute Gasteiger partial charge is 0.490 e. The first kappa shape index (κ1) is 20.7. The highest BCUT2D eigenvalue weighted by Crippen LogP contribution is 2.37. The lowest BCUT2D eigenvalue weighted by atomic mass is 10.1. The van der Waals surface area contributed by atoms with E-state index in [1.165, 1.54) is 6.33 Å². The summed E-state index contributed by atoms with van der Waals surface area (Å²) < 4.78 is 13.0. The molecule has 0 aliphatic carbocycles. The number of anilines is 1. The zero-order valence-corrected chi connectivity index (χ0v) is 17.1. The molecule has 152 valence electrons. The Balaban J connectivity index is 1.86. The molecule has 0 atom stereocenters. The van der Waals surface area contributed by atoms with E-state index in [1.54, 1.807) is 29.2 Å². The molecule has 0 unspecified atom stereocenters. The number of benzene rings is 2. The van der Waals surface area contributed by atoms with Crippen LogP contribution in [0.3, 0.4) is 0 Å². The Bertz CT molecular complexity index is 961. The molecule has 1 aromatic heterocycles. The molecule has 0 saturated carbocycles. The zero-order chi connectivity index (χ0) is 20.6. The van der Waals surface area contributed by atoms with Gasteiger partial charge >= 0.3 is 0 Å². The van der Waals surface area contributed by atoms with Crippen LogP contribution in [0.4, 0.5) is 5.69 Å². The van der Waals surface area contributed by atoms with Crippen LogP contribution in [0.1, 0.15) is 37.0 Å². The van der Waals surface area contributed by atoms with Gasteiger partial charge in [-0.1, -0.05) is 37.1 Å². The second-order valence-electron chi connectivity index (χ2n) is 6.23. The first-order valence-corrected chi connectivity index (χ1v) is 9.86. The van der Waals surface area contributed by atoms with Crippen LogP contribution in [-0.2, 0) is 0 Å². The topological polar surface area (TPSA) is 78.3 Å². The van der Waals surface area contributed by atoms with Crippen LogP contribution in [0.5, 0.6) is 11.5 Å². The predicted octanol–water partition coefficient (Wildman–Crippen LogP) is 4.75. The van der Waals surface area contributed by atoms with Gasteiger partial charge in [0.1, 0.15) is 12.7 Å². The van der Waals surface area contributed by atoms with Crippen molar-refractivity contribution in [2.45, 2.75) is 26.7 Å². The molecule has 2 aromatic carbocycles.